The molecule has 0 spiro atoms. The predicted octanol–water partition coefficient (Wildman–Crippen LogP) is 4.05. The van der Waals surface area contributed by atoms with Gasteiger partial charge in [0.1, 0.15) is 5.69 Å². The van der Waals surface area contributed by atoms with Gasteiger partial charge in [0.05, 0.1) is 4.92 Å². The molecule has 2 aromatic carbocycles. The zero-order valence-electron chi connectivity index (χ0n) is 10.0. The van der Waals surface area contributed by atoms with Crippen LogP contribution in [-0.4, -0.2) is 11.5 Å². The van der Waals surface area contributed by atoms with E-state index in [1.165, 1.54) is 5.56 Å². The first kappa shape index (κ1) is 12.2. The van der Waals surface area contributed by atoms with Crippen molar-refractivity contribution in [2.24, 2.45) is 0 Å². The summed E-state index contributed by atoms with van der Waals surface area (Å²) in [5.41, 5.74) is 3.08. The van der Waals surface area contributed by atoms with Crippen molar-refractivity contribution in [1.82, 2.24) is 0 Å². The SMILES string of the molecule is O=[N+]([O-])c1ccccc1N1CCc2cc(Br)ccc21. The van der Waals surface area contributed by atoms with Gasteiger partial charge in [-0.15, -0.1) is 0 Å². The van der Waals surface area contributed by atoms with Crippen molar-refractivity contribution >= 4 is 33.0 Å². The minimum absolute atomic E-state index is 0.151. The lowest BCUT2D eigenvalue weighted by atomic mass is 10.2. The van der Waals surface area contributed by atoms with Gasteiger partial charge in [0.2, 0.25) is 0 Å². The van der Waals surface area contributed by atoms with Gasteiger partial charge in [-0.2, -0.15) is 0 Å². The second kappa shape index (κ2) is 4.66. The maximum atomic E-state index is 11.1. The van der Waals surface area contributed by atoms with Crippen molar-refractivity contribution in [3.8, 4) is 0 Å². The molecule has 3 rings (SSSR count). The number of anilines is 2. The molecule has 0 saturated heterocycles. The van der Waals surface area contributed by atoms with E-state index in [9.17, 15) is 10.1 Å². The molecule has 4 nitrogen and oxygen atoms in total. The van der Waals surface area contributed by atoms with E-state index >= 15 is 0 Å². The lowest BCUT2D eigenvalue weighted by molar-refractivity contribution is -0.384. The molecule has 0 aliphatic carbocycles. The van der Waals surface area contributed by atoms with Gasteiger partial charge < -0.3 is 4.90 Å². The monoisotopic (exact) mass is 318 g/mol. The minimum atomic E-state index is -0.327. The number of nitrogens with zero attached hydrogens (tertiary/aromatic N) is 2. The Morgan fingerprint density at radius 1 is 1.16 bits per heavy atom. The first-order valence-corrected chi connectivity index (χ1v) is 6.75. The normalized spacial score (nSPS) is 13.4. The highest BCUT2D eigenvalue weighted by Gasteiger charge is 2.25. The standard InChI is InChI=1S/C14H11BrN2O2/c15-11-5-6-12-10(9-11)7-8-16(12)13-3-1-2-4-14(13)17(18)19/h1-6,9H,7-8H2. The number of nitro benzene ring substituents is 1. The molecule has 0 N–H and O–H groups in total. The summed E-state index contributed by atoms with van der Waals surface area (Å²) in [5.74, 6) is 0. The van der Waals surface area contributed by atoms with Crippen molar-refractivity contribution in [1.29, 1.82) is 0 Å². The molecule has 0 atom stereocenters. The van der Waals surface area contributed by atoms with Crippen LogP contribution in [0.1, 0.15) is 5.56 Å². The second-order valence-corrected chi connectivity index (χ2v) is 5.34. The van der Waals surface area contributed by atoms with Crippen molar-refractivity contribution in [2.75, 3.05) is 11.4 Å². The predicted molar refractivity (Wildman–Crippen MR) is 77.9 cm³/mol. The highest BCUT2D eigenvalue weighted by Crippen LogP contribution is 2.39. The molecule has 0 radical (unpaired) electrons. The molecular formula is C14H11BrN2O2. The van der Waals surface area contributed by atoms with E-state index in [0.29, 0.717) is 5.69 Å². The molecular weight excluding hydrogens is 308 g/mol. The summed E-state index contributed by atoms with van der Waals surface area (Å²) >= 11 is 3.45. The summed E-state index contributed by atoms with van der Waals surface area (Å²) in [7, 11) is 0. The summed E-state index contributed by atoms with van der Waals surface area (Å²) in [6.45, 7) is 0.774. The zero-order valence-corrected chi connectivity index (χ0v) is 11.6. The summed E-state index contributed by atoms with van der Waals surface area (Å²) in [6.07, 6.45) is 0.904. The number of nitro groups is 1. The lowest BCUT2D eigenvalue weighted by Crippen LogP contribution is -2.14. The fourth-order valence-electron chi connectivity index (χ4n) is 2.47. The van der Waals surface area contributed by atoms with E-state index < -0.39 is 0 Å². The van der Waals surface area contributed by atoms with E-state index in [0.717, 1.165) is 23.1 Å². The van der Waals surface area contributed by atoms with Crippen LogP contribution in [-0.2, 0) is 6.42 Å². The maximum absolute atomic E-state index is 11.1. The molecule has 96 valence electrons. The molecule has 1 aliphatic heterocycles. The number of halogens is 1. The Kier molecular flexibility index (Phi) is 2.98. The van der Waals surface area contributed by atoms with Crippen molar-refractivity contribution in [3.63, 3.8) is 0 Å². The Labute approximate surface area is 118 Å². The molecule has 0 fully saturated rings. The summed E-state index contributed by atoms with van der Waals surface area (Å²) < 4.78 is 1.04. The average molecular weight is 319 g/mol. The van der Waals surface area contributed by atoms with Gasteiger partial charge >= 0.3 is 0 Å². The van der Waals surface area contributed by atoms with Crippen LogP contribution in [0.3, 0.4) is 0 Å². The number of fused-ring (bicyclic) bond motifs is 1. The second-order valence-electron chi connectivity index (χ2n) is 4.42. The van der Waals surface area contributed by atoms with Crippen LogP contribution in [0.2, 0.25) is 0 Å². The molecule has 1 aliphatic rings. The van der Waals surface area contributed by atoms with Crippen molar-refractivity contribution < 1.29 is 4.92 Å². The molecule has 1 heterocycles. The molecule has 0 bridgehead atoms. The Hall–Kier alpha value is -1.88. The molecule has 0 unspecified atom stereocenters. The van der Waals surface area contributed by atoms with Crippen molar-refractivity contribution in [3.05, 3.63) is 62.6 Å². The van der Waals surface area contributed by atoms with Crippen LogP contribution < -0.4 is 4.90 Å². The fraction of sp³-hybridized carbons (Fsp3) is 0.143. The van der Waals surface area contributed by atoms with E-state index in [-0.39, 0.29) is 10.6 Å². The van der Waals surface area contributed by atoms with Crippen LogP contribution in [0.5, 0.6) is 0 Å². The van der Waals surface area contributed by atoms with E-state index in [2.05, 4.69) is 22.0 Å². The molecule has 5 heteroatoms. The van der Waals surface area contributed by atoms with E-state index in [1.54, 1.807) is 18.2 Å². The molecule has 0 saturated carbocycles. The number of hydrogen-bond acceptors (Lipinski definition) is 3. The van der Waals surface area contributed by atoms with E-state index in [1.807, 2.05) is 23.1 Å². The first-order chi connectivity index (χ1) is 9.16. The number of rotatable bonds is 2. The zero-order chi connectivity index (χ0) is 13.4. The van der Waals surface area contributed by atoms with Gasteiger partial charge in [0, 0.05) is 22.8 Å². The van der Waals surface area contributed by atoms with Crippen LogP contribution >= 0.6 is 15.9 Å². The van der Waals surface area contributed by atoms with Crippen molar-refractivity contribution in [2.45, 2.75) is 6.42 Å². The average Bonchev–Trinajstić information content (AvgIpc) is 2.81. The molecule has 0 amide bonds. The first-order valence-electron chi connectivity index (χ1n) is 5.96. The summed E-state index contributed by atoms with van der Waals surface area (Å²) in [5, 5.41) is 11.1. The largest absolute Gasteiger partial charge is 0.335 e. The smallest absolute Gasteiger partial charge is 0.292 e. The number of para-hydroxylation sites is 2. The lowest BCUT2D eigenvalue weighted by Gasteiger charge is -2.19. The summed E-state index contributed by atoms with van der Waals surface area (Å²) in [6, 6.07) is 12.9. The minimum Gasteiger partial charge on any atom is -0.335 e. The molecule has 0 aromatic heterocycles. The third kappa shape index (κ3) is 2.10. The molecule has 2 aromatic rings. The van der Waals surface area contributed by atoms with Gasteiger partial charge in [-0.3, -0.25) is 10.1 Å². The number of benzene rings is 2. The van der Waals surface area contributed by atoms with Gasteiger partial charge in [-0.05, 0) is 36.2 Å². The Morgan fingerprint density at radius 2 is 1.95 bits per heavy atom. The van der Waals surface area contributed by atoms with Gasteiger partial charge in [-0.25, -0.2) is 0 Å². The highest BCUT2D eigenvalue weighted by atomic mass is 79.9. The molecule has 19 heavy (non-hydrogen) atoms. The van der Waals surface area contributed by atoms with Crippen LogP contribution in [0, 0.1) is 10.1 Å². The van der Waals surface area contributed by atoms with Gasteiger partial charge in [-0.1, -0.05) is 28.1 Å². The van der Waals surface area contributed by atoms with Gasteiger partial charge in [0.25, 0.3) is 5.69 Å². The van der Waals surface area contributed by atoms with Crippen LogP contribution in [0.15, 0.2) is 46.9 Å². The number of hydrogen-bond donors (Lipinski definition) is 0. The van der Waals surface area contributed by atoms with Crippen LogP contribution in [0.4, 0.5) is 17.1 Å². The highest BCUT2D eigenvalue weighted by molar-refractivity contribution is 9.10. The quantitative estimate of drug-likeness (QED) is 0.620. The third-order valence-corrected chi connectivity index (χ3v) is 3.80. The van der Waals surface area contributed by atoms with Crippen LogP contribution in [0.25, 0.3) is 0 Å². The van der Waals surface area contributed by atoms with E-state index in [4.69, 9.17) is 0 Å². The third-order valence-electron chi connectivity index (χ3n) is 3.31. The summed E-state index contributed by atoms with van der Waals surface area (Å²) in [4.78, 5) is 12.8. The Balaban J connectivity index is 2.09. The maximum Gasteiger partial charge on any atom is 0.292 e. The van der Waals surface area contributed by atoms with Gasteiger partial charge in [0.15, 0.2) is 0 Å². The Bertz CT molecular complexity index is 658. The fourth-order valence-corrected chi connectivity index (χ4v) is 2.88. The Morgan fingerprint density at radius 3 is 2.74 bits per heavy atom. The topological polar surface area (TPSA) is 46.4 Å².